The number of fused-ring (bicyclic) bond motifs is 1. The Labute approximate surface area is 159 Å². The van der Waals surface area contributed by atoms with Gasteiger partial charge in [-0.3, -0.25) is 4.79 Å². The van der Waals surface area contributed by atoms with Crippen molar-refractivity contribution in [2.75, 3.05) is 24.3 Å². The molecule has 2 aromatic rings. The van der Waals surface area contributed by atoms with Gasteiger partial charge in [0.15, 0.2) is 11.5 Å². The number of anilines is 1. The third-order valence-corrected chi connectivity index (χ3v) is 5.62. The molecular formula is C16H18ClN5O3S. The molecule has 26 heavy (non-hydrogen) atoms. The van der Waals surface area contributed by atoms with Gasteiger partial charge >= 0.3 is 0 Å². The average molecular weight is 396 g/mol. The molecule has 1 N–H and O–H groups in total. The zero-order valence-electron chi connectivity index (χ0n) is 14.0. The van der Waals surface area contributed by atoms with Gasteiger partial charge in [-0.2, -0.15) is 0 Å². The van der Waals surface area contributed by atoms with Gasteiger partial charge in [0.2, 0.25) is 11.1 Å². The highest BCUT2D eigenvalue weighted by atomic mass is 35.5. The molecular weight excluding hydrogens is 378 g/mol. The fourth-order valence-corrected chi connectivity index (χ4v) is 4.08. The first kappa shape index (κ1) is 17.4. The number of rotatable bonds is 5. The predicted octanol–water partition coefficient (Wildman–Crippen LogP) is 2.94. The van der Waals surface area contributed by atoms with Crippen molar-refractivity contribution >= 4 is 35.0 Å². The van der Waals surface area contributed by atoms with Crippen molar-refractivity contribution in [2.45, 2.75) is 36.9 Å². The van der Waals surface area contributed by atoms with E-state index in [1.807, 2.05) is 4.68 Å². The topological polar surface area (TPSA) is 91.2 Å². The van der Waals surface area contributed by atoms with Crippen LogP contribution in [0.2, 0.25) is 5.02 Å². The van der Waals surface area contributed by atoms with Crippen LogP contribution in [0, 0.1) is 0 Å². The first-order valence-electron chi connectivity index (χ1n) is 8.50. The van der Waals surface area contributed by atoms with Crippen LogP contribution in [0.5, 0.6) is 11.5 Å². The summed E-state index contributed by atoms with van der Waals surface area (Å²) in [5.41, 5.74) is 0.497. The van der Waals surface area contributed by atoms with Crippen LogP contribution in [0.15, 0.2) is 17.3 Å². The molecule has 0 saturated heterocycles. The van der Waals surface area contributed by atoms with Gasteiger partial charge in [-0.25, -0.2) is 4.68 Å². The van der Waals surface area contributed by atoms with E-state index in [2.05, 4.69) is 20.8 Å². The van der Waals surface area contributed by atoms with Crippen LogP contribution >= 0.6 is 23.4 Å². The van der Waals surface area contributed by atoms with E-state index in [0.29, 0.717) is 46.6 Å². The Kier molecular flexibility index (Phi) is 5.16. The summed E-state index contributed by atoms with van der Waals surface area (Å²) >= 11 is 7.54. The average Bonchev–Trinajstić information content (AvgIpc) is 3.32. The molecule has 138 valence electrons. The van der Waals surface area contributed by atoms with Crippen LogP contribution in [-0.2, 0) is 4.79 Å². The van der Waals surface area contributed by atoms with Crippen molar-refractivity contribution in [3.8, 4) is 11.5 Å². The maximum absolute atomic E-state index is 12.3. The van der Waals surface area contributed by atoms with Gasteiger partial charge in [0, 0.05) is 12.1 Å². The zero-order valence-corrected chi connectivity index (χ0v) is 15.6. The Hall–Kier alpha value is -2.00. The molecule has 10 heteroatoms. The SMILES string of the molecule is O=C(CSc1nnnn1C1CCCC1)Nc1cc2c(cc1Cl)OCCO2. The summed E-state index contributed by atoms with van der Waals surface area (Å²) in [6.07, 6.45) is 4.55. The summed E-state index contributed by atoms with van der Waals surface area (Å²) < 4.78 is 12.8. The molecule has 0 radical (unpaired) electrons. The second-order valence-electron chi connectivity index (χ2n) is 6.16. The summed E-state index contributed by atoms with van der Waals surface area (Å²) in [5, 5.41) is 15.7. The Morgan fingerprint density at radius 2 is 2.00 bits per heavy atom. The van der Waals surface area contributed by atoms with Gasteiger partial charge in [0.25, 0.3) is 0 Å². The molecule has 1 saturated carbocycles. The number of hydrogen-bond acceptors (Lipinski definition) is 7. The van der Waals surface area contributed by atoms with E-state index in [4.69, 9.17) is 21.1 Å². The Balaban J connectivity index is 1.38. The van der Waals surface area contributed by atoms with E-state index in [9.17, 15) is 4.79 Å². The molecule has 1 fully saturated rings. The number of aromatic nitrogens is 4. The van der Waals surface area contributed by atoms with E-state index in [0.717, 1.165) is 12.8 Å². The molecule has 4 rings (SSSR count). The van der Waals surface area contributed by atoms with Crippen LogP contribution in [0.3, 0.4) is 0 Å². The molecule has 8 nitrogen and oxygen atoms in total. The highest BCUT2D eigenvalue weighted by Gasteiger charge is 2.22. The molecule has 0 unspecified atom stereocenters. The van der Waals surface area contributed by atoms with E-state index in [1.165, 1.54) is 24.6 Å². The van der Waals surface area contributed by atoms with Gasteiger partial charge in [-0.15, -0.1) is 5.10 Å². The Morgan fingerprint density at radius 3 is 2.77 bits per heavy atom. The molecule has 2 aliphatic rings. The summed E-state index contributed by atoms with van der Waals surface area (Å²) in [7, 11) is 0. The minimum Gasteiger partial charge on any atom is -0.486 e. The van der Waals surface area contributed by atoms with Crippen LogP contribution in [0.1, 0.15) is 31.7 Å². The van der Waals surface area contributed by atoms with Crippen molar-refractivity contribution in [3.05, 3.63) is 17.2 Å². The lowest BCUT2D eigenvalue weighted by molar-refractivity contribution is -0.113. The predicted molar refractivity (Wildman–Crippen MR) is 97.1 cm³/mol. The number of tetrazole rings is 1. The summed E-state index contributed by atoms with van der Waals surface area (Å²) in [6.45, 7) is 0.961. The molecule has 0 atom stereocenters. The molecule has 1 aliphatic heterocycles. The number of carbonyl (C=O) groups excluding carboxylic acids is 1. The smallest absolute Gasteiger partial charge is 0.234 e. The molecule has 1 amide bonds. The normalized spacial score (nSPS) is 16.7. The summed E-state index contributed by atoms with van der Waals surface area (Å²) in [5.74, 6) is 1.17. The van der Waals surface area contributed by atoms with Crippen molar-refractivity contribution < 1.29 is 14.3 Å². The number of hydrogen-bond donors (Lipinski definition) is 1. The number of nitrogens with one attached hydrogen (secondary N) is 1. The van der Waals surface area contributed by atoms with Crippen molar-refractivity contribution in [1.29, 1.82) is 0 Å². The maximum atomic E-state index is 12.3. The van der Waals surface area contributed by atoms with Crippen LogP contribution in [-0.4, -0.2) is 45.1 Å². The molecule has 2 heterocycles. The van der Waals surface area contributed by atoms with Crippen LogP contribution in [0.4, 0.5) is 5.69 Å². The minimum atomic E-state index is -0.186. The number of nitrogens with zero attached hydrogens (tertiary/aromatic N) is 4. The quantitative estimate of drug-likeness (QED) is 0.778. The number of thioether (sulfide) groups is 1. The molecule has 1 aromatic carbocycles. The lowest BCUT2D eigenvalue weighted by Crippen LogP contribution is -2.18. The number of amides is 1. The summed E-state index contributed by atoms with van der Waals surface area (Å²) in [6, 6.07) is 3.67. The minimum absolute atomic E-state index is 0.186. The van der Waals surface area contributed by atoms with Crippen molar-refractivity contribution in [1.82, 2.24) is 20.2 Å². The largest absolute Gasteiger partial charge is 0.486 e. The van der Waals surface area contributed by atoms with Crippen LogP contribution in [0.25, 0.3) is 0 Å². The lowest BCUT2D eigenvalue weighted by Gasteiger charge is -2.20. The molecule has 0 spiro atoms. The zero-order chi connectivity index (χ0) is 17.9. The highest BCUT2D eigenvalue weighted by molar-refractivity contribution is 7.99. The van der Waals surface area contributed by atoms with Crippen molar-refractivity contribution in [2.24, 2.45) is 0 Å². The first-order chi connectivity index (χ1) is 12.7. The fraction of sp³-hybridized carbons (Fsp3) is 0.500. The molecule has 0 bridgehead atoms. The van der Waals surface area contributed by atoms with Gasteiger partial charge in [-0.1, -0.05) is 36.2 Å². The third-order valence-electron chi connectivity index (χ3n) is 4.37. The fourth-order valence-electron chi connectivity index (χ4n) is 3.13. The molecule has 1 aliphatic carbocycles. The lowest BCUT2D eigenvalue weighted by atomic mass is 10.2. The second kappa shape index (κ2) is 7.71. The maximum Gasteiger partial charge on any atom is 0.234 e. The number of benzene rings is 1. The van der Waals surface area contributed by atoms with E-state index < -0.39 is 0 Å². The monoisotopic (exact) mass is 395 g/mol. The van der Waals surface area contributed by atoms with Gasteiger partial charge in [0.1, 0.15) is 13.2 Å². The van der Waals surface area contributed by atoms with Gasteiger partial charge < -0.3 is 14.8 Å². The second-order valence-corrected chi connectivity index (χ2v) is 7.51. The highest BCUT2D eigenvalue weighted by Crippen LogP contribution is 2.38. The van der Waals surface area contributed by atoms with Gasteiger partial charge in [0.05, 0.1) is 22.5 Å². The number of ether oxygens (including phenoxy) is 2. The first-order valence-corrected chi connectivity index (χ1v) is 9.87. The Morgan fingerprint density at radius 1 is 1.27 bits per heavy atom. The molecule has 1 aromatic heterocycles. The standard InChI is InChI=1S/C16H18ClN5O3S/c17-11-7-13-14(25-6-5-24-13)8-12(11)18-15(23)9-26-16-19-20-21-22(16)10-3-1-2-4-10/h7-8,10H,1-6,9H2,(H,18,23). The van der Waals surface area contributed by atoms with Gasteiger partial charge in [-0.05, 0) is 23.3 Å². The number of carbonyl (C=O) groups is 1. The number of halogens is 1. The van der Waals surface area contributed by atoms with Crippen molar-refractivity contribution in [3.63, 3.8) is 0 Å². The Bertz CT molecular complexity index is 809. The summed E-state index contributed by atoms with van der Waals surface area (Å²) in [4.78, 5) is 12.3. The van der Waals surface area contributed by atoms with Crippen LogP contribution < -0.4 is 14.8 Å². The van der Waals surface area contributed by atoms with E-state index >= 15 is 0 Å². The third kappa shape index (κ3) is 3.73. The van der Waals surface area contributed by atoms with E-state index in [-0.39, 0.29) is 11.7 Å². The van der Waals surface area contributed by atoms with E-state index in [1.54, 1.807) is 12.1 Å².